The van der Waals surface area contributed by atoms with E-state index in [1.807, 2.05) is 60.7 Å². The van der Waals surface area contributed by atoms with Gasteiger partial charge in [0.15, 0.2) is 6.61 Å². The molecule has 1 saturated heterocycles. The molecule has 0 aliphatic carbocycles. The lowest BCUT2D eigenvalue weighted by atomic mass is 9.84. The highest BCUT2D eigenvalue weighted by atomic mass is 28.4. The molecule has 3 aromatic carbocycles. The van der Waals surface area contributed by atoms with Crippen molar-refractivity contribution in [2.24, 2.45) is 0 Å². The third kappa shape index (κ3) is 9.34. The van der Waals surface area contributed by atoms with Gasteiger partial charge in [-0.3, -0.25) is 4.79 Å². The van der Waals surface area contributed by atoms with E-state index in [1.54, 1.807) is 29.0 Å². The van der Waals surface area contributed by atoms with Gasteiger partial charge >= 0.3 is 12.1 Å². The zero-order valence-electron chi connectivity index (χ0n) is 32.7. The molecule has 5 rings (SSSR count). The number of benzene rings is 3. The van der Waals surface area contributed by atoms with Crippen LogP contribution < -0.4 is 9.64 Å². The Morgan fingerprint density at radius 1 is 0.870 bits per heavy atom. The number of carboxylic acids is 1. The molecule has 2 amide bonds. The summed E-state index contributed by atoms with van der Waals surface area (Å²) in [4.78, 5) is 42.1. The third-order valence-electron chi connectivity index (χ3n) is 10.8. The molecule has 1 N–H and O–H groups in total. The van der Waals surface area contributed by atoms with E-state index in [4.69, 9.17) is 23.4 Å². The van der Waals surface area contributed by atoms with E-state index in [0.717, 1.165) is 16.7 Å². The van der Waals surface area contributed by atoms with Gasteiger partial charge in [-0.2, -0.15) is 0 Å². The molecule has 0 spiro atoms. The number of carboxylic acid groups (broad SMARTS) is 1. The minimum Gasteiger partial charge on any atom is -0.482 e. The van der Waals surface area contributed by atoms with Gasteiger partial charge in [0.25, 0.3) is 5.91 Å². The summed E-state index contributed by atoms with van der Waals surface area (Å²) in [6.07, 6.45) is -0.789. The minimum absolute atomic E-state index is 0.0220. The van der Waals surface area contributed by atoms with Crippen molar-refractivity contribution in [3.05, 3.63) is 95.1 Å². The zero-order valence-corrected chi connectivity index (χ0v) is 33.7. The predicted octanol–water partition coefficient (Wildman–Crippen LogP) is 8.03. The van der Waals surface area contributed by atoms with Crippen LogP contribution in [0.1, 0.15) is 80.9 Å². The highest BCUT2D eigenvalue weighted by Crippen LogP contribution is 2.46. The number of carbonyl (C=O) groups is 3. The van der Waals surface area contributed by atoms with Gasteiger partial charge in [-0.05, 0) is 64.0 Å². The Hall–Kier alpha value is -4.23. The van der Waals surface area contributed by atoms with Crippen molar-refractivity contribution >= 4 is 32.0 Å². The lowest BCUT2D eigenvalue weighted by Gasteiger charge is -2.50. The van der Waals surface area contributed by atoms with Gasteiger partial charge in [-0.1, -0.05) is 90.1 Å². The summed E-state index contributed by atoms with van der Waals surface area (Å²) in [6.45, 7) is 15.2. The molecular weight excluding hydrogens is 705 g/mol. The first kappa shape index (κ1) is 40.9. The first-order valence-electron chi connectivity index (χ1n) is 19.0. The Kier molecular flexibility index (Phi) is 13.9. The smallest absolute Gasteiger partial charge is 0.410 e. The van der Waals surface area contributed by atoms with Crippen molar-refractivity contribution in [1.29, 1.82) is 0 Å². The average molecular weight is 761 g/mol. The highest BCUT2D eigenvalue weighted by Gasteiger charge is 2.51. The number of aromatic carboxylic acids is 1. The number of hydrogen-bond donors (Lipinski definition) is 1. The Morgan fingerprint density at radius 2 is 1.54 bits per heavy atom. The van der Waals surface area contributed by atoms with Gasteiger partial charge in [0, 0.05) is 32.7 Å². The molecule has 0 saturated carbocycles. The number of rotatable bonds is 16. The van der Waals surface area contributed by atoms with E-state index >= 15 is 0 Å². The Balaban J connectivity index is 1.51. The topological polar surface area (TPSA) is 124 Å². The molecule has 0 unspecified atom stereocenters. The zero-order chi connectivity index (χ0) is 39.0. The molecule has 1 fully saturated rings. The molecular formula is C42H56N2O9Si. The average Bonchev–Trinajstić information content (AvgIpc) is 3.15. The van der Waals surface area contributed by atoms with Gasteiger partial charge < -0.3 is 38.3 Å². The number of piperidine rings is 1. The van der Waals surface area contributed by atoms with Crippen molar-refractivity contribution in [3.8, 4) is 5.75 Å². The summed E-state index contributed by atoms with van der Waals surface area (Å²) in [5.41, 5.74) is 4.30. The second-order valence-electron chi connectivity index (χ2n) is 15.2. The summed E-state index contributed by atoms with van der Waals surface area (Å²) in [7, 11) is -0.865. The van der Waals surface area contributed by atoms with E-state index in [0.29, 0.717) is 31.0 Å². The maximum atomic E-state index is 13.9. The molecule has 0 aromatic heterocycles. The highest BCUT2D eigenvalue weighted by molar-refractivity contribution is 6.77. The molecule has 11 nitrogen and oxygen atoms in total. The molecule has 0 radical (unpaired) electrons. The van der Waals surface area contributed by atoms with Crippen LogP contribution in [-0.2, 0) is 36.6 Å². The fourth-order valence-electron chi connectivity index (χ4n) is 8.30. The van der Waals surface area contributed by atoms with Crippen molar-refractivity contribution in [2.75, 3.05) is 44.9 Å². The molecule has 2 aliphatic heterocycles. The molecule has 2 aliphatic rings. The summed E-state index contributed by atoms with van der Waals surface area (Å²) in [5, 5.41) is 9.70. The van der Waals surface area contributed by atoms with Crippen LogP contribution in [0.4, 0.5) is 10.5 Å². The number of likely N-dealkylation sites (tertiary alicyclic amines) is 1. The lowest BCUT2D eigenvalue weighted by molar-refractivity contribution is -0.121. The molecule has 12 heteroatoms. The van der Waals surface area contributed by atoms with Gasteiger partial charge in [0.05, 0.1) is 36.6 Å². The van der Waals surface area contributed by atoms with Gasteiger partial charge in [-0.15, -0.1) is 0 Å². The number of amides is 2. The van der Waals surface area contributed by atoms with Crippen LogP contribution in [0.25, 0.3) is 0 Å². The van der Waals surface area contributed by atoms with E-state index in [-0.39, 0.29) is 66.9 Å². The van der Waals surface area contributed by atoms with Crippen LogP contribution in [0.15, 0.2) is 72.8 Å². The van der Waals surface area contributed by atoms with E-state index in [1.165, 1.54) is 0 Å². The maximum absolute atomic E-state index is 13.9. The predicted molar refractivity (Wildman–Crippen MR) is 210 cm³/mol. The van der Waals surface area contributed by atoms with E-state index in [2.05, 4.69) is 41.5 Å². The monoisotopic (exact) mass is 760 g/mol. The van der Waals surface area contributed by atoms with Gasteiger partial charge in [0.2, 0.25) is 8.32 Å². The normalized spacial score (nSPS) is 18.9. The van der Waals surface area contributed by atoms with E-state index < -0.39 is 32.6 Å². The number of hydrogen-bond acceptors (Lipinski definition) is 8. The quantitative estimate of drug-likeness (QED) is 0.114. The molecule has 3 aromatic rings. The SMILES string of the molecule is COCCCN1C(=O)COc2ccc(CO[C@H]3CN(C(=O)OCc4ccccc4)C[C@@H](O[Si](C(C)C)(C(C)C)C(C)C)[C@@H]3c3ccc(C(=O)O)cc3)cc21. The van der Waals surface area contributed by atoms with Crippen LogP contribution in [0, 0.1) is 0 Å². The van der Waals surface area contributed by atoms with Crippen LogP contribution >= 0.6 is 0 Å². The Bertz CT molecular complexity index is 1690. The van der Waals surface area contributed by atoms with Gasteiger partial charge in [-0.25, -0.2) is 9.59 Å². The first-order valence-corrected chi connectivity index (χ1v) is 21.1. The van der Waals surface area contributed by atoms with Crippen molar-refractivity contribution in [1.82, 2.24) is 4.90 Å². The molecule has 3 atom stereocenters. The first-order chi connectivity index (χ1) is 25.8. The number of nitrogens with zero attached hydrogens (tertiary/aromatic N) is 2. The van der Waals surface area contributed by atoms with Crippen LogP contribution in [0.2, 0.25) is 16.6 Å². The van der Waals surface area contributed by atoms with Crippen molar-refractivity contribution in [3.63, 3.8) is 0 Å². The largest absolute Gasteiger partial charge is 0.482 e. The Morgan fingerprint density at radius 3 is 2.17 bits per heavy atom. The summed E-state index contributed by atoms with van der Waals surface area (Å²) in [5.74, 6) is -0.827. The molecule has 2 heterocycles. The summed E-state index contributed by atoms with van der Waals surface area (Å²) in [6, 6.07) is 22.2. The van der Waals surface area contributed by atoms with Crippen molar-refractivity contribution < 1.29 is 42.9 Å². The number of fused-ring (bicyclic) bond motifs is 1. The number of carbonyl (C=O) groups excluding carboxylic acids is 2. The third-order valence-corrected chi connectivity index (χ3v) is 17.0. The second-order valence-corrected chi connectivity index (χ2v) is 20.6. The molecule has 292 valence electrons. The summed E-state index contributed by atoms with van der Waals surface area (Å²) < 4.78 is 31.2. The van der Waals surface area contributed by atoms with E-state index in [9.17, 15) is 19.5 Å². The number of methoxy groups -OCH3 is 1. The summed E-state index contributed by atoms with van der Waals surface area (Å²) >= 11 is 0. The fourth-order valence-corrected chi connectivity index (χ4v) is 13.9. The standard InChI is InChI=1S/C42H56N2O9Si/c1-28(2)54(29(3)4,30(5)6)53-38-24-43(42(48)52-25-31-12-9-8-10-13-31)23-37(40(38)33-15-17-34(18-16-33)41(46)47)50-26-32-14-19-36-35(22-32)44(20-11-21-49-7)39(45)27-51-36/h8-10,12-19,22,28-30,37-38,40H,11,20-21,23-27H2,1-7H3,(H,46,47)/t37-,38+,40+/m0/s1. The maximum Gasteiger partial charge on any atom is 0.410 e. The van der Waals surface area contributed by atoms with Crippen molar-refractivity contribution in [2.45, 2.75) is 95.9 Å². The number of ether oxygens (including phenoxy) is 4. The fraction of sp³-hybridized carbons (Fsp3) is 0.500. The van der Waals surface area contributed by atoms with Crippen LogP contribution in [-0.4, -0.2) is 88.5 Å². The number of anilines is 1. The lowest BCUT2D eigenvalue weighted by Crippen LogP contribution is -2.59. The second kappa shape index (κ2) is 18.4. The molecule has 0 bridgehead atoms. The van der Waals surface area contributed by atoms with Gasteiger partial charge in [0.1, 0.15) is 12.4 Å². The van der Waals surface area contributed by atoms with Crippen LogP contribution in [0.3, 0.4) is 0 Å². The van der Waals surface area contributed by atoms with Crippen LogP contribution in [0.5, 0.6) is 5.75 Å². The molecule has 54 heavy (non-hydrogen) atoms. The Labute approximate surface area is 320 Å². The minimum atomic E-state index is -2.50.